The summed E-state index contributed by atoms with van der Waals surface area (Å²) in [6, 6.07) is 6.31. The molecule has 5 nitrogen and oxygen atoms in total. The maximum atomic E-state index is 10.7. The van der Waals surface area contributed by atoms with E-state index in [1.165, 1.54) is 5.56 Å². The fourth-order valence-corrected chi connectivity index (χ4v) is 2.83. The molecule has 0 aromatic heterocycles. The van der Waals surface area contributed by atoms with E-state index in [4.69, 9.17) is 14.6 Å². The summed E-state index contributed by atoms with van der Waals surface area (Å²) in [6.07, 6.45) is 2.37. The first-order valence-corrected chi connectivity index (χ1v) is 6.59. The number of carboxylic acids is 1. The molecule has 0 aliphatic carbocycles. The molecule has 102 valence electrons. The molecule has 0 unspecified atom stereocenters. The highest BCUT2D eigenvalue weighted by atomic mass is 16.7. The van der Waals surface area contributed by atoms with E-state index in [0.717, 1.165) is 30.9 Å². The molecule has 2 aliphatic heterocycles. The van der Waals surface area contributed by atoms with Gasteiger partial charge in [0, 0.05) is 12.6 Å². The van der Waals surface area contributed by atoms with Crippen LogP contribution in [0.4, 0.5) is 0 Å². The third kappa shape index (κ3) is 2.51. The molecule has 0 spiro atoms. The van der Waals surface area contributed by atoms with Crippen molar-refractivity contribution in [2.75, 3.05) is 19.9 Å². The predicted octanol–water partition coefficient (Wildman–Crippen LogP) is 2.03. The number of fused-ring (bicyclic) bond motifs is 1. The Labute approximate surface area is 111 Å². The van der Waals surface area contributed by atoms with Crippen LogP contribution in [-0.2, 0) is 4.79 Å². The number of hydrogen-bond acceptors (Lipinski definition) is 4. The van der Waals surface area contributed by atoms with Gasteiger partial charge in [-0.15, -0.1) is 0 Å². The predicted molar refractivity (Wildman–Crippen MR) is 68.4 cm³/mol. The lowest BCUT2D eigenvalue weighted by Crippen LogP contribution is -2.26. The van der Waals surface area contributed by atoms with E-state index in [2.05, 4.69) is 11.0 Å². The van der Waals surface area contributed by atoms with E-state index in [9.17, 15) is 4.79 Å². The minimum absolute atomic E-state index is 0.195. The summed E-state index contributed by atoms with van der Waals surface area (Å²) in [5.74, 6) is 0.845. The number of carbonyl (C=O) groups is 1. The van der Waals surface area contributed by atoms with Crippen LogP contribution in [0.1, 0.15) is 30.9 Å². The third-order valence-electron chi connectivity index (χ3n) is 3.76. The SMILES string of the molecule is O=C(O)CCN1CCC[C@H]1c1ccc2c(c1)OCO2. The molecule has 1 atom stereocenters. The van der Waals surface area contributed by atoms with Crippen molar-refractivity contribution in [2.45, 2.75) is 25.3 Å². The van der Waals surface area contributed by atoms with Crippen molar-refractivity contribution in [1.82, 2.24) is 4.90 Å². The number of ether oxygens (including phenoxy) is 2. The molecule has 2 aliphatic rings. The Bertz CT molecular complexity index is 488. The Balaban J connectivity index is 1.75. The molecule has 0 radical (unpaired) electrons. The Hall–Kier alpha value is -1.75. The number of carboxylic acid groups (broad SMARTS) is 1. The minimum Gasteiger partial charge on any atom is -0.481 e. The number of aliphatic carboxylic acids is 1. The van der Waals surface area contributed by atoms with Gasteiger partial charge in [0.1, 0.15) is 0 Å². The molecule has 0 bridgehead atoms. The molecule has 19 heavy (non-hydrogen) atoms. The van der Waals surface area contributed by atoms with Gasteiger partial charge in [-0.3, -0.25) is 9.69 Å². The van der Waals surface area contributed by atoms with Crippen molar-refractivity contribution in [3.05, 3.63) is 23.8 Å². The molecule has 1 fully saturated rings. The van der Waals surface area contributed by atoms with Crippen molar-refractivity contribution in [3.63, 3.8) is 0 Å². The van der Waals surface area contributed by atoms with Gasteiger partial charge in [0.25, 0.3) is 0 Å². The molecule has 1 saturated heterocycles. The van der Waals surface area contributed by atoms with E-state index in [1.807, 2.05) is 12.1 Å². The second-order valence-corrected chi connectivity index (χ2v) is 4.95. The molecule has 0 saturated carbocycles. The van der Waals surface area contributed by atoms with Gasteiger partial charge in [0.05, 0.1) is 6.42 Å². The highest BCUT2D eigenvalue weighted by molar-refractivity contribution is 5.66. The number of rotatable bonds is 4. The first-order valence-electron chi connectivity index (χ1n) is 6.59. The van der Waals surface area contributed by atoms with E-state index in [-0.39, 0.29) is 13.2 Å². The lowest BCUT2D eigenvalue weighted by Gasteiger charge is -2.24. The maximum Gasteiger partial charge on any atom is 0.304 e. The van der Waals surface area contributed by atoms with E-state index in [0.29, 0.717) is 12.6 Å². The van der Waals surface area contributed by atoms with Crippen LogP contribution >= 0.6 is 0 Å². The van der Waals surface area contributed by atoms with Crippen molar-refractivity contribution in [1.29, 1.82) is 0 Å². The summed E-state index contributed by atoms with van der Waals surface area (Å²) in [7, 11) is 0. The summed E-state index contributed by atoms with van der Waals surface area (Å²) in [5.41, 5.74) is 1.19. The van der Waals surface area contributed by atoms with Gasteiger partial charge >= 0.3 is 5.97 Å². The Morgan fingerprint density at radius 3 is 3.05 bits per heavy atom. The largest absolute Gasteiger partial charge is 0.481 e. The average Bonchev–Trinajstić information content (AvgIpc) is 3.04. The second-order valence-electron chi connectivity index (χ2n) is 4.95. The zero-order valence-corrected chi connectivity index (χ0v) is 10.7. The Morgan fingerprint density at radius 1 is 1.37 bits per heavy atom. The first-order chi connectivity index (χ1) is 9.24. The number of likely N-dealkylation sites (tertiary alicyclic amines) is 1. The smallest absolute Gasteiger partial charge is 0.304 e. The van der Waals surface area contributed by atoms with Gasteiger partial charge in [-0.25, -0.2) is 0 Å². The quantitative estimate of drug-likeness (QED) is 0.900. The van der Waals surface area contributed by atoms with Gasteiger partial charge in [0.2, 0.25) is 6.79 Å². The average molecular weight is 263 g/mol. The van der Waals surface area contributed by atoms with Crippen LogP contribution in [0.3, 0.4) is 0 Å². The zero-order valence-electron chi connectivity index (χ0n) is 10.7. The van der Waals surface area contributed by atoms with Crippen molar-refractivity contribution in [2.24, 2.45) is 0 Å². The van der Waals surface area contributed by atoms with Crippen molar-refractivity contribution >= 4 is 5.97 Å². The molecular formula is C14H17NO4. The third-order valence-corrected chi connectivity index (χ3v) is 3.76. The molecule has 2 heterocycles. The second kappa shape index (κ2) is 5.09. The van der Waals surface area contributed by atoms with Gasteiger partial charge in [-0.05, 0) is 37.1 Å². The van der Waals surface area contributed by atoms with E-state index < -0.39 is 5.97 Å². The monoisotopic (exact) mass is 263 g/mol. The van der Waals surface area contributed by atoms with Gasteiger partial charge < -0.3 is 14.6 Å². The maximum absolute atomic E-state index is 10.7. The van der Waals surface area contributed by atoms with Gasteiger partial charge in [0.15, 0.2) is 11.5 Å². The molecular weight excluding hydrogens is 246 g/mol. The Morgan fingerprint density at radius 2 is 2.21 bits per heavy atom. The number of benzene rings is 1. The Kier molecular flexibility index (Phi) is 3.29. The fraction of sp³-hybridized carbons (Fsp3) is 0.500. The molecule has 3 rings (SSSR count). The van der Waals surface area contributed by atoms with Crippen LogP contribution in [0.2, 0.25) is 0 Å². The molecule has 1 N–H and O–H groups in total. The normalized spacial score (nSPS) is 21.8. The fourth-order valence-electron chi connectivity index (χ4n) is 2.83. The molecule has 1 aromatic carbocycles. The number of hydrogen-bond donors (Lipinski definition) is 1. The summed E-state index contributed by atoms with van der Waals surface area (Å²) < 4.78 is 10.7. The standard InChI is InChI=1S/C14H17NO4/c16-14(17)5-7-15-6-1-2-11(15)10-3-4-12-13(8-10)19-9-18-12/h3-4,8,11H,1-2,5-7,9H2,(H,16,17)/t11-/m0/s1. The lowest BCUT2D eigenvalue weighted by atomic mass is 10.0. The van der Waals surface area contributed by atoms with Crippen LogP contribution in [0.15, 0.2) is 18.2 Å². The topological polar surface area (TPSA) is 59.0 Å². The molecule has 1 aromatic rings. The molecule has 0 amide bonds. The highest BCUT2D eigenvalue weighted by Gasteiger charge is 2.27. The number of nitrogens with zero attached hydrogens (tertiary/aromatic N) is 1. The molecule has 5 heteroatoms. The first kappa shape index (κ1) is 12.3. The van der Waals surface area contributed by atoms with Crippen LogP contribution < -0.4 is 9.47 Å². The van der Waals surface area contributed by atoms with Crippen molar-refractivity contribution in [3.8, 4) is 11.5 Å². The summed E-state index contributed by atoms with van der Waals surface area (Å²) >= 11 is 0. The van der Waals surface area contributed by atoms with Crippen LogP contribution in [0.25, 0.3) is 0 Å². The van der Waals surface area contributed by atoms with Crippen LogP contribution in [-0.4, -0.2) is 35.9 Å². The van der Waals surface area contributed by atoms with Crippen molar-refractivity contribution < 1.29 is 19.4 Å². The van der Waals surface area contributed by atoms with Crippen LogP contribution in [0.5, 0.6) is 11.5 Å². The summed E-state index contributed by atoms with van der Waals surface area (Å²) in [4.78, 5) is 12.9. The lowest BCUT2D eigenvalue weighted by molar-refractivity contribution is -0.137. The zero-order chi connectivity index (χ0) is 13.2. The van der Waals surface area contributed by atoms with Crippen LogP contribution in [0, 0.1) is 0 Å². The summed E-state index contributed by atoms with van der Waals surface area (Å²) in [6.45, 7) is 1.85. The van der Waals surface area contributed by atoms with Gasteiger partial charge in [-0.2, -0.15) is 0 Å². The van der Waals surface area contributed by atoms with E-state index >= 15 is 0 Å². The minimum atomic E-state index is -0.740. The van der Waals surface area contributed by atoms with Gasteiger partial charge in [-0.1, -0.05) is 6.07 Å². The highest BCUT2D eigenvalue weighted by Crippen LogP contribution is 2.38. The summed E-state index contributed by atoms with van der Waals surface area (Å²) in [5, 5.41) is 8.79. The van der Waals surface area contributed by atoms with E-state index in [1.54, 1.807) is 0 Å².